The van der Waals surface area contributed by atoms with Gasteiger partial charge in [-0.1, -0.05) is 29.3 Å². The van der Waals surface area contributed by atoms with E-state index in [1.54, 1.807) is 29.2 Å². The second kappa shape index (κ2) is 8.46. The first-order chi connectivity index (χ1) is 12.9. The van der Waals surface area contributed by atoms with Gasteiger partial charge >= 0.3 is 0 Å². The summed E-state index contributed by atoms with van der Waals surface area (Å²) in [6.45, 7) is 1.01. The number of halogens is 3. The molecule has 1 N–H and O–H groups in total. The predicted octanol–water partition coefficient (Wildman–Crippen LogP) is 4.57. The highest BCUT2D eigenvalue weighted by Gasteiger charge is 2.32. The van der Waals surface area contributed by atoms with E-state index in [1.807, 2.05) is 0 Å². The van der Waals surface area contributed by atoms with E-state index >= 15 is 0 Å². The van der Waals surface area contributed by atoms with Crippen LogP contribution in [0.15, 0.2) is 42.5 Å². The maximum absolute atomic E-state index is 13.3. The van der Waals surface area contributed by atoms with Gasteiger partial charge in [-0.3, -0.25) is 4.79 Å². The number of carbonyl (C=O) groups is 1. The van der Waals surface area contributed by atoms with Crippen molar-refractivity contribution in [2.75, 3.05) is 19.7 Å². The largest absolute Gasteiger partial charge is 0.491 e. The molecule has 1 aliphatic heterocycles. The van der Waals surface area contributed by atoms with Gasteiger partial charge < -0.3 is 14.7 Å². The van der Waals surface area contributed by atoms with Crippen molar-refractivity contribution in [2.24, 2.45) is 0 Å². The molecule has 7 heteroatoms. The van der Waals surface area contributed by atoms with Gasteiger partial charge in [-0.25, -0.2) is 4.39 Å². The van der Waals surface area contributed by atoms with E-state index in [2.05, 4.69) is 0 Å². The molecule has 27 heavy (non-hydrogen) atoms. The Morgan fingerprint density at radius 2 is 2.00 bits per heavy atom. The summed E-state index contributed by atoms with van der Waals surface area (Å²) in [7, 11) is 0. The minimum absolute atomic E-state index is 0.0814. The molecule has 1 unspecified atom stereocenters. The number of amides is 1. The van der Waals surface area contributed by atoms with E-state index in [4.69, 9.17) is 27.9 Å². The van der Waals surface area contributed by atoms with E-state index in [9.17, 15) is 14.3 Å². The lowest BCUT2D eigenvalue weighted by Gasteiger charge is -2.27. The predicted molar refractivity (Wildman–Crippen MR) is 103 cm³/mol. The maximum Gasteiger partial charge on any atom is 0.253 e. The third kappa shape index (κ3) is 5.12. The minimum atomic E-state index is -1.03. The van der Waals surface area contributed by atoms with Gasteiger partial charge in [0.2, 0.25) is 0 Å². The number of nitrogens with zero attached hydrogens (tertiary/aromatic N) is 1. The molecule has 0 aliphatic carbocycles. The number of ether oxygens (including phenoxy) is 1. The lowest BCUT2D eigenvalue weighted by Crippen LogP contribution is -2.38. The van der Waals surface area contributed by atoms with Gasteiger partial charge in [-0.05, 0) is 55.7 Å². The fourth-order valence-electron chi connectivity index (χ4n) is 3.11. The van der Waals surface area contributed by atoms with Crippen LogP contribution in [0.2, 0.25) is 10.0 Å². The van der Waals surface area contributed by atoms with Crippen LogP contribution < -0.4 is 4.74 Å². The number of likely N-dealkylation sites (tertiary alicyclic amines) is 1. The molecular weight excluding hydrogens is 392 g/mol. The zero-order valence-electron chi connectivity index (χ0n) is 14.6. The van der Waals surface area contributed by atoms with Gasteiger partial charge in [-0.2, -0.15) is 0 Å². The molecule has 144 valence electrons. The normalized spacial score (nSPS) is 20.2. The van der Waals surface area contributed by atoms with Crippen LogP contribution in [0.4, 0.5) is 4.39 Å². The molecule has 1 aliphatic rings. The fourth-order valence-corrected chi connectivity index (χ4v) is 3.47. The standard InChI is InChI=1S/C20H20Cl2FNO3/c21-15-3-1-4-16(12-15)27-13-20(26)7-2-9-24(10-8-20)19(25)14-5-6-18(23)17(22)11-14/h1,3-6,11-12,26H,2,7-10,13H2. The van der Waals surface area contributed by atoms with Crippen LogP contribution in [0, 0.1) is 5.82 Å². The zero-order chi connectivity index (χ0) is 19.4. The summed E-state index contributed by atoms with van der Waals surface area (Å²) in [5, 5.41) is 11.3. The molecule has 3 rings (SSSR count). The number of carbonyl (C=O) groups excluding carboxylic acids is 1. The zero-order valence-corrected chi connectivity index (χ0v) is 16.1. The summed E-state index contributed by atoms with van der Waals surface area (Å²) in [5.74, 6) is -0.192. The van der Waals surface area contributed by atoms with E-state index in [0.29, 0.717) is 48.7 Å². The molecule has 0 aromatic heterocycles. The maximum atomic E-state index is 13.3. The van der Waals surface area contributed by atoms with Gasteiger partial charge in [0.1, 0.15) is 23.8 Å². The molecule has 0 radical (unpaired) electrons. The van der Waals surface area contributed by atoms with Crippen molar-refractivity contribution in [3.05, 3.63) is 63.9 Å². The quantitative estimate of drug-likeness (QED) is 0.801. The molecule has 0 bridgehead atoms. The first kappa shape index (κ1) is 19.9. The molecule has 1 atom stereocenters. The first-order valence-corrected chi connectivity index (χ1v) is 9.47. The molecule has 1 saturated heterocycles. The second-order valence-electron chi connectivity index (χ2n) is 6.75. The molecule has 2 aromatic carbocycles. The van der Waals surface area contributed by atoms with Gasteiger partial charge in [0.15, 0.2) is 0 Å². The smallest absolute Gasteiger partial charge is 0.253 e. The number of rotatable bonds is 4. The molecule has 1 fully saturated rings. The highest BCUT2D eigenvalue weighted by atomic mass is 35.5. The molecule has 1 heterocycles. The summed E-state index contributed by atoms with van der Waals surface area (Å²) in [6, 6.07) is 10.9. The first-order valence-electron chi connectivity index (χ1n) is 8.71. The Balaban J connectivity index is 1.62. The van der Waals surface area contributed by atoms with Gasteiger partial charge in [-0.15, -0.1) is 0 Å². The number of benzene rings is 2. The average molecular weight is 412 g/mol. The van der Waals surface area contributed by atoms with Crippen molar-refractivity contribution in [3.63, 3.8) is 0 Å². The van der Waals surface area contributed by atoms with E-state index in [0.717, 1.165) is 0 Å². The van der Waals surface area contributed by atoms with Gasteiger partial charge in [0.05, 0.1) is 5.02 Å². The van der Waals surface area contributed by atoms with E-state index in [1.165, 1.54) is 18.2 Å². The Kier molecular flexibility index (Phi) is 6.25. The van der Waals surface area contributed by atoms with Crippen molar-refractivity contribution in [1.29, 1.82) is 0 Å². The number of aliphatic hydroxyl groups is 1. The van der Waals surface area contributed by atoms with E-state index in [-0.39, 0.29) is 17.5 Å². The molecule has 1 amide bonds. The van der Waals surface area contributed by atoms with Crippen LogP contribution in [0.25, 0.3) is 0 Å². The van der Waals surface area contributed by atoms with Crippen LogP contribution in [-0.2, 0) is 0 Å². The van der Waals surface area contributed by atoms with Crippen molar-refractivity contribution in [3.8, 4) is 5.75 Å². The van der Waals surface area contributed by atoms with Crippen molar-refractivity contribution < 1.29 is 19.0 Å². The highest BCUT2D eigenvalue weighted by Crippen LogP contribution is 2.26. The molecule has 0 saturated carbocycles. The van der Waals surface area contributed by atoms with Crippen LogP contribution in [-0.4, -0.2) is 41.2 Å². The summed E-state index contributed by atoms with van der Waals surface area (Å²) >= 11 is 11.7. The Morgan fingerprint density at radius 3 is 2.74 bits per heavy atom. The summed E-state index contributed by atoms with van der Waals surface area (Å²) in [4.78, 5) is 14.3. The third-order valence-corrected chi connectivity index (χ3v) is 5.20. The Morgan fingerprint density at radius 1 is 1.19 bits per heavy atom. The summed E-state index contributed by atoms with van der Waals surface area (Å²) < 4.78 is 19.0. The minimum Gasteiger partial charge on any atom is -0.491 e. The molecular formula is C20H20Cl2FNO3. The lowest BCUT2D eigenvalue weighted by atomic mass is 9.96. The average Bonchev–Trinajstić information content (AvgIpc) is 2.84. The Hall–Kier alpha value is -1.82. The molecule has 2 aromatic rings. The SMILES string of the molecule is O=C(c1ccc(F)c(Cl)c1)N1CCCC(O)(COc2cccc(Cl)c2)CC1. The van der Waals surface area contributed by atoms with Crippen LogP contribution in [0.1, 0.15) is 29.6 Å². The number of hydrogen-bond acceptors (Lipinski definition) is 3. The molecule has 0 spiro atoms. The van der Waals surface area contributed by atoms with Crippen molar-refractivity contribution in [1.82, 2.24) is 4.90 Å². The monoisotopic (exact) mass is 411 g/mol. The van der Waals surface area contributed by atoms with Crippen molar-refractivity contribution in [2.45, 2.75) is 24.9 Å². The second-order valence-corrected chi connectivity index (χ2v) is 7.59. The number of hydrogen-bond donors (Lipinski definition) is 1. The highest BCUT2D eigenvalue weighted by molar-refractivity contribution is 6.31. The fraction of sp³-hybridized carbons (Fsp3) is 0.350. The summed E-state index contributed by atoms with van der Waals surface area (Å²) in [6.07, 6.45) is 1.53. The van der Waals surface area contributed by atoms with Crippen molar-refractivity contribution >= 4 is 29.1 Å². The van der Waals surface area contributed by atoms with Gasteiger partial charge in [0, 0.05) is 23.7 Å². The van der Waals surface area contributed by atoms with Crippen LogP contribution in [0.5, 0.6) is 5.75 Å². The third-order valence-electron chi connectivity index (χ3n) is 4.67. The summed E-state index contributed by atoms with van der Waals surface area (Å²) in [5.41, 5.74) is -0.695. The van der Waals surface area contributed by atoms with Crippen LogP contribution in [0.3, 0.4) is 0 Å². The van der Waals surface area contributed by atoms with Crippen LogP contribution >= 0.6 is 23.2 Å². The molecule has 4 nitrogen and oxygen atoms in total. The van der Waals surface area contributed by atoms with E-state index < -0.39 is 11.4 Å². The van der Waals surface area contributed by atoms with Gasteiger partial charge in [0.25, 0.3) is 5.91 Å². The topological polar surface area (TPSA) is 49.8 Å². The lowest BCUT2D eigenvalue weighted by molar-refractivity contribution is -0.0163. The Labute approximate surface area is 167 Å². The Bertz CT molecular complexity index is 833.